The Labute approximate surface area is 110 Å². The van der Waals surface area contributed by atoms with Crippen LogP contribution in [0.4, 0.5) is 10.1 Å². The first kappa shape index (κ1) is 12.5. The van der Waals surface area contributed by atoms with Gasteiger partial charge in [0.2, 0.25) is 5.56 Å². The molecule has 6 heteroatoms. The van der Waals surface area contributed by atoms with Gasteiger partial charge in [-0.25, -0.2) is 4.39 Å². The van der Waals surface area contributed by atoms with Gasteiger partial charge in [0, 0.05) is 16.7 Å². The van der Waals surface area contributed by atoms with Gasteiger partial charge in [0.15, 0.2) is 0 Å². The van der Waals surface area contributed by atoms with E-state index in [0.717, 1.165) is 0 Å². The second-order valence-corrected chi connectivity index (χ2v) is 4.44. The van der Waals surface area contributed by atoms with Crippen LogP contribution in [0.15, 0.2) is 45.8 Å². The Kier molecular flexibility index (Phi) is 3.57. The standard InChI is InChI=1S/C12H8BrFN2O2/c13-8-2-3-10(9(14)5-8)16-12(18)7-1-4-11(17)15-6-7/h1-6H,(H,15,17)(H,16,18). The molecule has 1 amide bonds. The summed E-state index contributed by atoms with van der Waals surface area (Å²) in [6.45, 7) is 0. The normalized spacial score (nSPS) is 10.1. The first-order valence-electron chi connectivity index (χ1n) is 5.01. The lowest BCUT2D eigenvalue weighted by atomic mass is 10.2. The van der Waals surface area contributed by atoms with Crippen molar-refractivity contribution in [2.75, 3.05) is 5.32 Å². The predicted molar refractivity (Wildman–Crippen MR) is 69.1 cm³/mol. The number of aromatic nitrogens is 1. The maximum absolute atomic E-state index is 13.5. The van der Waals surface area contributed by atoms with Crippen LogP contribution in [0.1, 0.15) is 10.4 Å². The molecule has 1 aromatic heterocycles. The summed E-state index contributed by atoms with van der Waals surface area (Å²) in [5.41, 5.74) is 0.0210. The molecule has 0 unspecified atom stereocenters. The lowest BCUT2D eigenvalue weighted by molar-refractivity contribution is 0.102. The molecule has 2 N–H and O–H groups in total. The van der Waals surface area contributed by atoms with Crippen LogP contribution < -0.4 is 10.9 Å². The molecule has 0 aliphatic carbocycles. The molecular weight excluding hydrogens is 303 g/mol. The number of nitrogens with one attached hydrogen (secondary N) is 2. The summed E-state index contributed by atoms with van der Waals surface area (Å²) in [4.78, 5) is 25.0. The summed E-state index contributed by atoms with van der Waals surface area (Å²) in [6, 6.07) is 6.91. The zero-order valence-corrected chi connectivity index (χ0v) is 10.6. The number of aromatic amines is 1. The summed E-state index contributed by atoms with van der Waals surface area (Å²) in [6.07, 6.45) is 1.27. The van der Waals surface area contributed by atoms with E-state index in [0.29, 0.717) is 4.47 Å². The molecule has 0 atom stereocenters. The van der Waals surface area contributed by atoms with Crippen LogP contribution in [-0.2, 0) is 0 Å². The van der Waals surface area contributed by atoms with Gasteiger partial charge in [0.25, 0.3) is 5.91 Å². The minimum Gasteiger partial charge on any atom is -0.328 e. The number of halogens is 2. The Bertz CT molecular complexity index is 634. The molecular formula is C12H8BrFN2O2. The average molecular weight is 311 g/mol. The smallest absolute Gasteiger partial charge is 0.257 e. The summed E-state index contributed by atoms with van der Waals surface area (Å²) in [5, 5.41) is 2.42. The Hall–Kier alpha value is -1.95. The van der Waals surface area contributed by atoms with Gasteiger partial charge in [0.05, 0.1) is 11.3 Å². The van der Waals surface area contributed by atoms with Gasteiger partial charge in [-0.3, -0.25) is 9.59 Å². The van der Waals surface area contributed by atoms with E-state index in [-0.39, 0.29) is 16.8 Å². The van der Waals surface area contributed by atoms with E-state index in [4.69, 9.17) is 0 Å². The van der Waals surface area contributed by atoms with Crippen LogP contribution in [0.5, 0.6) is 0 Å². The fourth-order valence-electron chi connectivity index (χ4n) is 1.34. The van der Waals surface area contributed by atoms with Crippen LogP contribution in [-0.4, -0.2) is 10.9 Å². The highest BCUT2D eigenvalue weighted by Crippen LogP contribution is 2.19. The largest absolute Gasteiger partial charge is 0.328 e. The first-order valence-corrected chi connectivity index (χ1v) is 5.81. The van der Waals surface area contributed by atoms with Crippen molar-refractivity contribution >= 4 is 27.5 Å². The van der Waals surface area contributed by atoms with E-state index in [2.05, 4.69) is 26.2 Å². The molecule has 0 bridgehead atoms. The highest BCUT2D eigenvalue weighted by molar-refractivity contribution is 9.10. The Morgan fingerprint density at radius 1 is 1.28 bits per heavy atom. The predicted octanol–water partition coefficient (Wildman–Crippen LogP) is 2.53. The van der Waals surface area contributed by atoms with Crippen LogP contribution in [0, 0.1) is 5.82 Å². The number of amides is 1. The second-order valence-electron chi connectivity index (χ2n) is 3.52. The molecule has 1 heterocycles. The SMILES string of the molecule is O=C(Nc1ccc(Br)cc1F)c1ccc(=O)[nH]c1. The molecule has 0 fully saturated rings. The molecule has 1 aromatic carbocycles. The number of rotatable bonds is 2. The highest BCUT2D eigenvalue weighted by atomic mass is 79.9. The fraction of sp³-hybridized carbons (Fsp3) is 0. The number of pyridine rings is 1. The van der Waals surface area contributed by atoms with Gasteiger partial charge in [-0.1, -0.05) is 15.9 Å². The summed E-state index contributed by atoms with van der Waals surface area (Å²) < 4.78 is 14.1. The summed E-state index contributed by atoms with van der Waals surface area (Å²) in [7, 11) is 0. The Balaban J connectivity index is 2.21. The monoisotopic (exact) mass is 310 g/mol. The van der Waals surface area contributed by atoms with Crippen molar-refractivity contribution in [3.63, 3.8) is 0 Å². The molecule has 0 saturated carbocycles. The average Bonchev–Trinajstić information content (AvgIpc) is 2.33. The maximum atomic E-state index is 13.5. The van der Waals surface area contributed by atoms with Gasteiger partial charge in [-0.15, -0.1) is 0 Å². The number of hydrogen-bond acceptors (Lipinski definition) is 2. The van der Waals surface area contributed by atoms with Gasteiger partial charge < -0.3 is 10.3 Å². The Morgan fingerprint density at radius 3 is 2.67 bits per heavy atom. The number of anilines is 1. The van der Waals surface area contributed by atoms with Crippen LogP contribution >= 0.6 is 15.9 Å². The van der Waals surface area contributed by atoms with E-state index in [1.807, 2.05) is 0 Å². The number of hydrogen-bond donors (Lipinski definition) is 2. The lowest BCUT2D eigenvalue weighted by Crippen LogP contribution is -2.15. The van der Waals surface area contributed by atoms with E-state index in [1.165, 1.54) is 30.5 Å². The third kappa shape index (κ3) is 2.84. The lowest BCUT2D eigenvalue weighted by Gasteiger charge is -2.06. The van der Waals surface area contributed by atoms with Crippen molar-refractivity contribution in [1.82, 2.24) is 4.98 Å². The third-order valence-electron chi connectivity index (χ3n) is 2.23. The van der Waals surface area contributed by atoms with Gasteiger partial charge in [-0.05, 0) is 24.3 Å². The van der Waals surface area contributed by atoms with Gasteiger partial charge in [0.1, 0.15) is 5.82 Å². The van der Waals surface area contributed by atoms with E-state index < -0.39 is 11.7 Å². The Morgan fingerprint density at radius 2 is 2.06 bits per heavy atom. The molecule has 2 aromatic rings. The molecule has 0 aliphatic heterocycles. The summed E-state index contributed by atoms with van der Waals surface area (Å²) >= 11 is 3.12. The third-order valence-corrected chi connectivity index (χ3v) is 2.72. The fourth-order valence-corrected chi connectivity index (χ4v) is 1.67. The van der Waals surface area contributed by atoms with Gasteiger partial charge >= 0.3 is 0 Å². The van der Waals surface area contributed by atoms with Crippen LogP contribution in [0.2, 0.25) is 0 Å². The topological polar surface area (TPSA) is 62.0 Å². The molecule has 2 rings (SSSR count). The quantitative estimate of drug-likeness (QED) is 0.895. The van der Waals surface area contributed by atoms with Crippen molar-refractivity contribution < 1.29 is 9.18 Å². The van der Waals surface area contributed by atoms with Crippen molar-refractivity contribution in [3.05, 3.63) is 62.7 Å². The maximum Gasteiger partial charge on any atom is 0.257 e. The number of benzene rings is 1. The van der Waals surface area contributed by atoms with Gasteiger partial charge in [-0.2, -0.15) is 0 Å². The number of carbonyl (C=O) groups excluding carboxylic acids is 1. The molecule has 0 radical (unpaired) electrons. The van der Waals surface area contributed by atoms with E-state index in [9.17, 15) is 14.0 Å². The molecule has 92 valence electrons. The minimum absolute atomic E-state index is 0.0781. The molecule has 0 spiro atoms. The van der Waals surface area contributed by atoms with Crippen LogP contribution in [0.3, 0.4) is 0 Å². The van der Waals surface area contributed by atoms with E-state index in [1.54, 1.807) is 6.07 Å². The zero-order valence-electron chi connectivity index (χ0n) is 9.04. The van der Waals surface area contributed by atoms with Crippen molar-refractivity contribution in [2.45, 2.75) is 0 Å². The highest BCUT2D eigenvalue weighted by Gasteiger charge is 2.09. The van der Waals surface area contributed by atoms with Crippen molar-refractivity contribution in [3.8, 4) is 0 Å². The molecule has 0 saturated heterocycles. The zero-order chi connectivity index (χ0) is 13.1. The van der Waals surface area contributed by atoms with E-state index >= 15 is 0 Å². The van der Waals surface area contributed by atoms with Crippen LogP contribution in [0.25, 0.3) is 0 Å². The minimum atomic E-state index is -0.540. The number of H-pyrrole nitrogens is 1. The molecule has 18 heavy (non-hydrogen) atoms. The van der Waals surface area contributed by atoms with Crippen molar-refractivity contribution in [1.29, 1.82) is 0 Å². The summed E-state index contributed by atoms with van der Waals surface area (Å²) in [5.74, 6) is -1.03. The van der Waals surface area contributed by atoms with Crippen molar-refractivity contribution in [2.24, 2.45) is 0 Å². The number of carbonyl (C=O) groups is 1. The first-order chi connectivity index (χ1) is 8.56. The molecule has 4 nitrogen and oxygen atoms in total. The second kappa shape index (κ2) is 5.14. The molecule has 0 aliphatic rings.